The van der Waals surface area contributed by atoms with Gasteiger partial charge in [-0.1, -0.05) is 0 Å². The lowest BCUT2D eigenvalue weighted by Gasteiger charge is -2.22. The zero-order valence-corrected chi connectivity index (χ0v) is 11.3. The Morgan fingerprint density at radius 2 is 2.05 bits per heavy atom. The van der Waals surface area contributed by atoms with E-state index in [0.717, 1.165) is 32.3 Å². The van der Waals surface area contributed by atoms with Crippen molar-refractivity contribution in [2.45, 2.75) is 63.5 Å². The van der Waals surface area contributed by atoms with E-state index in [2.05, 4.69) is 5.32 Å². The lowest BCUT2D eigenvalue weighted by molar-refractivity contribution is -0.141. The Balaban J connectivity index is 1.63. The van der Waals surface area contributed by atoms with Crippen molar-refractivity contribution < 1.29 is 19.4 Å². The SMILES string of the molecule is O=C(CCC1CCCCO1)N[C@@H]1CC[C@H](C(=O)O)C1. The third kappa shape index (κ3) is 4.49. The van der Waals surface area contributed by atoms with Crippen LogP contribution in [0, 0.1) is 5.92 Å². The van der Waals surface area contributed by atoms with E-state index in [1.807, 2.05) is 0 Å². The first-order chi connectivity index (χ1) is 9.15. The van der Waals surface area contributed by atoms with E-state index in [9.17, 15) is 9.59 Å². The molecule has 2 aliphatic rings. The summed E-state index contributed by atoms with van der Waals surface area (Å²) in [7, 11) is 0. The van der Waals surface area contributed by atoms with Gasteiger partial charge in [0, 0.05) is 19.1 Å². The quantitative estimate of drug-likeness (QED) is 0.796. The largest absolute Gasteiger partial charge is 0.481 e. The van der Waals surface area contributed by atoms with Gasteiger partial charge in [-0.05, 0) is 44.9 Å². The highest BCUT2D eigenvalue weighted by atomic mass is 16.5. The third-order valence-corrected chi connectivity index (χ3v) is 4.11. The molecule has 1 saturated carbocycles. The van der Waals surface area contributed by atoms with Gasteiger partial charge in [-0.15, -0.1) is 0 Å². The summed E-state index contributed by atoms with van der Waals surface area (Å²) < 4.78 is 5.59. The Labute approximate surface area is 113 Å². The molecule has 2 fully saturated rings. The van der Waals surface area contributed by atoms with Gasteiger partial charge in [0.25, 0.3) is 0 Å². The van der Waals surface area contributed by atoms with Crippen LogP contribution in [0.15, 0.2) is 0 Å². The van der Waals surface area contributed by atoms with Crippen molar-refractivity contribution in [3.63, 3.8) is 0 Å². The molecule has 0 radical (unpaired) electrons. The van der Waals surface area contributed by atoms with Gasteiger partial charge in [0.2, 0.25) is 5.91 Å². The Kier molecular flexibility index (Phi) is 5.19. The van der Waals surface area contributed by atoms with E-state index in [4.69, 9.17) is 9.84 Å². The maximum absolute atomic E-state index is 11.8. The molecule has 19 heavy (non-hydrogen) atoms. The smallest absolute Gasteiger partial charge is 0.306 e. The fraction of sp³-hybridized carbons (Fsp3) is 0.857. The summed E-state index contributed by atoms with van der Waals surface area (Å²) in [6, 6.07) is 0.0425. The van der Waals surface area contributed by atoms with E-state index in [-0.39, 0.29) is 24.0 Å². The van der Waals surface area contributed by atoms with Crippen molar-refractivity contribution in [3.8, 4) is 0 Å². The first kappa shape index (κ1) is 14.3. The molecule has 5 heteroatoms. The zero-order chi connectivity index (χ0) is 13.7. The van der Waals surface area contributed by atoms with Crippen molar-refractivity contribution in [2.75, 3.05) is 6.61 Å². The number of hydrogen-bond donors (Lipinski definition) is 2. The van der Waals surface area contributed by atoms with Crippen LogP contribution in [0.25, 0.3) is 0 Å². The highest BCUT2D eigenvalue weighted by Gasteiger charge is 2.30. The van der Waals surface area contributed by atoms with Crippen LogP contribution in [0.3, 0.4) is 0 Å². The molecule has 3 atom stereocenters. The molecule has 0 aromatic rings. The summed E-state index contributed by atoms with van der Waals surface area (Å²) in [6.07, 6.45) is 6.89. The number of aliphatic carboxylic acids is 1. The second-order valence-corrected chi connectivity index (χ2v) is 5.64. The van der Waals surface area contributed by atoms with Crippen LogP contribution in [-0.2, 0) is 14.3 Å². The van der Waals surface area contributed by atoms with Crippen LogP contribution in [0.5, 0.6) is 0 Å². The predicted molar refractivity (Wildman–Crippen MR) is 69.7 cm³/mol. The van der Waals surface area contributed by atoms with Crippen LogP contribution in [-0.4, -0.2) is 35.7 Å². The molecule has 1 heterocycles. The topological polar surface area (TPSA) is 75.6 Å². The zero-order valence-electron chi connectivity index (χ0n) is 11.3. The molecule has 0 aromatic carbocycles. The monoisotopic (exact) mass is 269 g/mol. The molecule has 1 saturated heterocycles. The Bertz CT molecular complexity index is 325. The summed E-state index contributed by atoms with van der Waals surface area (Å²) in [5.74, 6) is -0.996. The van der Waals surface area contributed by atoms with Gasteiger partial charge in [0.15, 0.2) is 0 Å². The molecule has 0 spiro atoms. The lowest BCUT2D eigenvalue weighted by Crippen LogP contribution is -2.34. The van der Waals surface area contributed by atoms with Crippen molar-refractivity contribution in [3.05, 3.63) is 0 Å². The number of hydrogen-bond acceptors (Lipinski definition) is 3. The van der Waals surface area contributed by atoms with Crippen LogP contribution < -0.4 is 5.32 Å². The van der Waals surface area contributed by atoms with Gasteiger partial charge >= 0.3 is 5.97 Å². The molecule has 2 rings (SSSR count). The van der Waals surface area contributed by atoms with Crippen LogP contribution in [0.1, 0.15) is 51.4 Å². The van der Waals surface area contributed by atoms with Crippen molar-refractivity contribution in [2.24, 2.45) is 5.92 Å². The molecule has 1 aliphatic heterocycles. The summed E-state index contributed by atoms with van der Waals surface area (Å²) in [5, 5.41) is 11.9. The van der Waals surface area contributed by atoms with Gasteiger partial charge in [-0.2, -0.15) is 0 Å². The van der Waals surface area contributed by atoms with Gasteiger partial charge in [0.1, 0.15) is 0 Å². The Morgan fingerprint density at radius 3 is 2.68 bits per heavy atom. The molecule has 1 aliphatic carbocycles. The second-order valence-electron chi connectivity index (χ2n) is 5.64. The number of carbonyl (C=O) groups excluding carboxylic acids is 1. The van der Waals surface area contributed by atoms with Gasteiger partial charge in [-0.3, -0.25) is 9.59 Å². The normalized spacial score (nSPS) is 31.1. The van der Waals surface area contributed by atoms with Gasteiger partial charge < -0.3 is 15.2 Å². The van der Waals surface area contributed by atoms with Crippen LogP contribution >= 0.6 is 0 Å². The fourth-order valence-corrected chi connectivity index (χ4v) is 2.96. The van der Waals surface area contributed by atoms with Gasteiger partial charge in [-0.25, -0.2) is 0 Å². The first-order valence-corrected chi connectivity index (χ1v) is 7.29. The Morgan fingerprint density at radius 1 is 1.21 bits per heavy atom. The third-order valence-electron chi connectivity index (χ3n) is 4.11. The Hall–Kier alpha value is -1.10. The first-order valence-electron chi connectivity index (χ1n) is 7.29. The highest BCUT2D eigenvalue weighted by Crippen LogP contribution is 2.25. The molecular weight excluding hydrogens is 246 g/mol. The molecule has 1 unspecified atom stereocenters. The minimum atomic E-state index is -0.743. The van der Waals surface area contributed by atoms with Crippen LogP contribution in [0.4, 0.5) is 0 Å². The number of carboxylic acids is 1. The second kappa shape index (κ2) is 6.89. The number of carbonyl (C=O) groups is 2. The number of rotatable bonds is 5. The maximum atomic E-state index is 11.8. The average Bonchev–Trinajstić information content (AvgIpc) is 2.86. The lowest BCUT2D eigenvalue weighted by atomic mass is 10.0. The average molecular weight is 269 g/mol. The molecule has 2 N–H and O–H groups in total. The van der Waals surface area contributed by atoms with Crippen molar-refractivity contribution >= 4 is 11.9 Å². The minimum absolute atomic E-state index is 0.0326. The molecule has 1 amide bonds. The molecule has 108 valence electrons. The highest BCUT2D eigenvalue weighted by molar-refractivity contribution is 5.76. The number of nitrogens with one attached hydrogen (secondary N) is 1. The predicted octanol–water partition coefficient (Wildman–Crippen LogP) is 1.71. The summed E-state index contributed by atoms with van der Waals surface area (Å²) in [4.78, 5) is 22.6. The molecule has 5 nitrogen and oxygen atoms in total. The van der Waals surface area contributed by atoms with Crippen LogP contribution in [0.2, 0.25) is 0 Å². The van der Waals surface area contributed by atoms with Gasteiger partial charge in [0.05, 0.1) is 12.0 Å². The number of amides is 1. The van der Waals surface area contributed by atoms with E-state index in [1.165, 1.54) is 6.42 Å². The summed E-state index contributed by atoms with van der Waals surface area (Å²) in [6.45, 7) is 0.815. The number of ether oxygens (including phenoxy) is 1. The van der Waals surface area contributed by atoms with Crippen molar-refractivity contribution in [1.29, 1.82) is 0 Å². The maximum Gasteiger partial charge on any atom is 0.306 e. The van der Waals surface area contributed by atoms with Crippen molar-refractivity contribution in [1.82, 2.24) is 5.32 Å². The van der Waals surface area contributed by atoms with E-state index >= 15 is 0 Å². The summed E-state index contributed by atoms with van der Waals surface area (Å²) in [5.41, 5.74) is 0. The molecule has 0 aromatic heterocycles. The van der Waals surface area contributed by atoms with E-state index in [0.29, 0.717) is 19.3 Å². The molecular formula is C14H23NO4. The summed E-state index contributed by atoms with van der Waals surface area (Å²) >= 11 is 0. The fourth-order valence-electron chi connectivity index (χ4n) is 2.96. The van der Waals surface area contributed by atoms with E-state index < -0.39 is 5.97 Å². The molecule has 0 bridgehead atoms. The standard InChI is InChI=1S/C14H23NO4/c16-13(7-6-12-3-1-2-8-19-12)15-11-5-4-10(9-11)14(17)18/h10-12H,1-9H2,(H,15,16)(H,17,18)/t10-,11+,12?/m0/s1. The minimum Gasteiger partial charge on any atom is -0.481 e. The number of carboxylic acid groups (broad SMARTS) is 1. The van der Waals surface area contributed by atoms with E-state index in [1.54, 1.807) is 0 Å².